The summed E-state index contributed by atoms with van der Waals surface area (Å²) in [6.07, 6.45) is 1.23. The van der Waals surface area contributed by atoms with Crippen molar-refractivity contribution in [3.63, 3.8) is 0 Å². The molecule has 226 valence electrons. The zero-order valence-corrected chi connectivity index (χ0v) is 25.5. The van der Waals surface area contributed by atoms with Gasteiger partial charge in [0.15, 0.2) is 6.10 Å². The Kier molecular flexibility index (Phi) is 9.58. The van der Waals surface area contributed by atoms with E-state index in [2.05, 4.69) is 18.7 Å². The average Bonchev–Trinajstić information content (AvgIpc) is 2.92. The molecule has 0 amide bonds. The lowest BCUT2D eigenvalue weighted by Crippen LogP contribution is -2.39. The number of benzene rings is 2. The number of pyridine rings is 1. The summed E-state index contributed by atoms with van der Waals surface area (Å²) in [7, 11) is 0. The summed E-state index contributed by atoms with van der Waals surface area (Å²) in [5, 5.41) is 20.8. The number of carboxylic acid groups (broad SMARTS) is 1. The number of aromatic nitrogens is 1. The van der Waals surface area contributed by atoms with E-state index in [9.17, 15) is 19.4 Å². The van der Waals surface area contributed by atoms with Crippen LogP contribution in [-0.2, 0) is 22.6 Å². The standard InChI is InChI=1S/C34H43FN2O5/c1-22-28(24-9-13-26(14-10-24)41-20-15-23-7-11-25(35)12-8-23)30(37-18-16-34(5,6)17-19-37)29(27(21-38)36-22)31(32(39)40)42-33(2,3)4/h7-14,31,38H,15-21H2,1-6H3,(H,39,40). The molecule has 7 nitrogen and oxygen atoms in total. The van der Waals surface area contributed by atoms with Crippen LogP contribution in [0.5, 0.6) is 5.75 Å². The lowest BCUT2D eigenvalue weighted by molar-refractivity contribution is -0.160. The van der Waals surface area contributed by atoms with Crippen LogP contribution in [-0.4, -0.2) is 46.5 Å². The molecule has 1 aromatic heterocycles. The van der Waals surface area contributed by atoms with Crippen LogP contribution in [0, 0.1) is 18.2 Å². The van der Waals surface area contributed by atoms with E-state index in [1.54, 1.807) is 12.1 Å². The molecule has 1 aliphatic rings. The second-order valence-electron chi connectivity index (χ2n) is 12.8. The van der Waals surface area contributed by atoms with E-state index in [-0.39, 0.29) is 11.2 Å². The predicted octanol–water partition coefficient (Wildman–Crippen LogP) is 6.88. The Morgan fingerprint density at radius 1 is 1.07 bits per heavy atom. The Morgan fingerprint density at radius 2 is 1.69 bits per heavy atom. The third kappa shape index (κ3) is 7.66. The van der Waals surface area contributed by atoms with Crippen molar-refractivity contribution in [2.24, 2.45) is 5.41 Å². The van der Waals surface area contributed by atoms with Gasteiger partial charge in [0.2, 0.25) is 0 Å². The topological polar surface area (TPSA) is 92.1 Å². The number of rotatable bonds is 10. The molecule has 0 spiro atoms. The molecule has 1 unspecified atom stereocenters. The van der Waals surface area contributed by atoms with Crippen molar-refractivity contribution in [3.8, 4) is 16.9 Å². The van der Waals surface area contributed by atoms with Gasteiger partial charge in [-0.05, 0) is 81.3 Å². The molecule has 1 atom stereocenters. The number of carboxylic acids is 1. The molecule has 0 bridgehead atoms. The van der Waals surface area contributed by atoms with Crippen LogP contribution in [0.2, 0.25) is 0 Å². The zero-order chi connectivity index (χ0) is 30.7. The van der Waals surface area contributed by atoms with Crippen LogP contribution in [0.15, 0.2) is 48.5 Å². The molecule has 2 N–H and O–H groups in total. The largest absolute Gasteiger partial charge is 0.493 e. The molecule has 42 heavy (non-hydrogen) atoms. The number of aliphatic carboxylic acids is 1. The van der Waals surface area contributed by atoms with E-state index in [1.807, 2.05) is 52.0 Å². The van der Waals surface area contributed by atoms with Crippen LogP contribution < -0.4 is 9.64 Å². The maximum atomic E-state index is 13.2. The summed E-state index contributed by atoms with van der Waals surface area (Å²) in [6.45, 7) is 13.4. The summed E-state index contributed by atoms with van der Waals surface area (Å²) in [5.74, 6) is -0.693. The van der Waals surface area contributed by atoms with E-state index in [0.29, 0.717) is 35.7 Å². The number of aliphatic hydroxyl groups excluding tert-OH is 1. The van der Waals surface area contributed by atoms with Gasteiger partial charge >= 0.3 is 5.97 Å². The third-order valence-corrected chi connectivity index (χ3v) is 7.72. The molecule has 0 saturated carbocycles. The van der Waals surface area contributed by atoms with Gasteiger partial charge in [0.1, 0.15) is 11.6 Å². The predicted molar refractivity (Wildman–Crippen MR) is 162 cm³/mol. The monoisotopic (exact) mass is 578 g/mol. The number of carbonyl (C=O) groups is 1. The second kappa shape index (κ2) is 12.8. The Balaban J connectivity index is 1.75. The van der Waals surface area contributed by atoms with Crippen LogP contribution in [0.1, 0.15) is 76.1 Å². The fourth-order valence-electron chi connectivity index (χ4n) is 5.41. The SMILES string of the molecule is Cc1nc(CO)c(C(OC(C)(C)C)C(=O)O)c(N2CCC(C)(C)CC2)c1-c1ccc(OCCc2ccc(F)cc2)cc1. The van der Waals surface area contributed by atoms with E-state index in [4.69, 9.17) is 14.5 Å². The summed E-state index contributed by atoms with van der Waals surface area (Å²) in [4.78, 5) is 19.6. The fourth-order valence-corrected chi connectivity index (χ4v) is 5.41. The summed E-state index contributed by atoms with van der Waals surface area (Å²) in [5.41, 5.74) is 4.30. The minimum Gasteiger partial charge on any atom is -0.493 e. The molecule has 2 heterocycles. The summed E-state index contributed by atoms with van der Waals surface area (Å²) in [6, 6.07) is 14.1. The minimum atomic E-state index is -1.31. The van der Waals surface area contributed by atoms with Gasteiger partial charge in [0, 0.05) is 36.3 Å². The molecule has 1 saturated heterocycles. The number of aryl methyl sites for hydroxylation is 1. The van der Waals surface area contributed by atoms with Crippen molar-refractivity contribution in [2.45, 2.75) is 79.1 Å². The first-order chi connectivity index (χ1) is 19.8. The average molecular weight is 579 g/mol. The van der Waals surface area contributed by atoms with Gasteiger partial charge in [-0.1, -0.05) is 38.1 Å². The normalized spacial score (nSPS) is 15.9. The van der Waals surface area contributed by atoms with Crippen molar-refractivity contribution in [1.29, 1.82) is 0 Å². The Labute approximate surface area is 248 Å². The highest BCUT2D eigenvalue weighted by atomic mass is 19.1. The third-order valence-electron chi connectivity index (χ3n) is 7.72. The number of hydrogen-bond acceptors (Lipinski definition) is 6. The van der Waals surface area contributed by atoms with Crippen molar-refractivity contribution >= 4 is 11.7 Å². The van der Waals surface area contributed by atoms with Gasteiger partial charge in [-0.15, -0.1) is 0 Å². The van der Waals surface area contributed by atoms with Crippen LogP contribution >= 0.6 is 0 Å². The molecule has 0 radical (unpaired) electrons. The smallest absolute Gasteiger partial charge is 0.337 e. The lowest BCUT2D eigenvalue weighted by Gasteiger charge is -2.41. The van der Waals surface area contributed by atoms with E-state index < -0.39 is 24.3 Å². The Morgan fingerprint density at radius 3 is 2.24 bits per heavy atom. The number of nitrogens with zero attached hydrogens (tertiary/aromatic N) is 2. The highest BCUT2D eigenvalue weighted by Crippen LogP contribution is 2.45. The van der Waals surface area contributed by atoms with Crippen molar-refractivity contribution in [2.75, 3.05) is 24.6 Å². The van der Waals surface area contributed by atoms with Crippen LogP contribution in [0.25, 0.3) is 11.1 Å². The van der Waals surface area contributed by atoms with E-state index in [0.717, 1.165) is 48.3 Å². The quantitative estimate of drug-likeness (QED) is 0.271. The molecule has 0 aliphatic carbocycles. The van der Waals surface area contributed by atoms with Crippen LogP contribution in [0.4, 0.5) is 10.1 Å². The van der Waals surface area contributed by atoms with E-state index >= 15 is 0 Å². The molecule has 1 aliphatic heterocycles. The number of piperidine rings is 1. The van der Waals surface area contributed by atoms with Gasteiger partial charge < -0.3 is 24.6 Å². The number of anilines is 1. The van der Waals surface area contributed by atoms with Crippen LogP contribution in [0.3, 0.4) is 0 Å². The summed E-state index contributed by atoms with van der Waals surface area (Å²) < 4.78 is 25.3. The van der Waals surface area contributed by atoms with Gasteiger partial charge in [0.05, 0.1) is 30.2 Å². The maximum Gasteiger partial charge on any atom is 0.337 e. The van der Waals surface area contributed by atoms with Crippen molar-refractivity contribution in [1.82, 2.24) is 4.98 Å². The first-order valence-corrected chi connectivity index (χ1v) is 14.6. The highest BCUT2D eigenvalue weighted by Gasteiger charge is 2.37. The van der Waals surface area contributed by atoms with Gasteiger partial charge in [-0.25, -0.2) is 9.18 Å². The highest BCUT2D eigenvalue weighted by molar-refractivity contribution is 5.88. The Bertz CT molecular complexity index is 1370. The lowest BCUT2D eigenvalue weighted by atomic mass is 9.81. The first kappa shape index (κ1) is 31.4. The number of halogens is 1. The molecule has 1 fully saturated rings. The van der Waals surface area contributed by atoms with Gasteiger partial charge in [-0.3, -0.25) is 4.98 Å². The zero-order valence-electron chi connectivity index (χ0n) is 25.5. The molecule has 4 rings (SSSR count). The maximum absolute atomic E-state index is 13.2. The molecule has 8 heteroatoms. The second-order valence-corrected chi connectivity index (χ2v) is 12.8. The number of ether oxygens (including phenoxy) is 2. The number of aliphatic hydroxyl groups is 1. The molecule has 2 aromatic carbocycles. The summed E-state index contributed by atoms with van der Waals surface area (Å²) >= 11 is 0. The van der Waals surface area contributed by atoms with Gasteiger partial charge in [0.25, 0.3) is 0 Å². The molecular formula is C34H43FN2O5. The van der Waals surface area contributed by atoms with Crippen molar-refractivity contribution in [3.05, 3.63) is 76.9 Å². The molecular weight excluding hydrogens is 535 g/mol. The fraction of sp³-hybridized carbons (Fsp3) is 0.471. The van der Waals surface area contributed by atoms with Crippen molar-refractivity contribution < 1.29 is 28.9 Å². The number of hydrogen-bond donors (Lipinski definition) is 2. The first-order valence-electron chi connectivity index (χ1n) is 14.6. The van der Waals surface area contributed by atoms with Gasteiger partial charge in [-0.2, -0.15) is 0 Å². The minimum absolute atomic E-state index is 0.180. The van der Waals surface area contributed by atoms with E-state index in [1.165, 1.54) is 12.1 Å². The Hall–Kier alpha value is -3.49. The molecule has 3 aromatic rings.